The number of rotatable bonds is 6. The summed E-state index contributed by atoms with van der Waals surface area (Å²) in [6.07, 6.45) is 4.36. The second-order valence-electron chi connectivity index (χ2n) is 8.37. The average Bonchev–Trinajstić information content (AvgIpc) is 2.76. The normalized spacial score (nSPS) is 20.5. The van der Waals surface area contributed by atoms with E-state index in [4.69, 9.17) is 20.4 Å². The molecular weight excluding hydrogens is 374 g/mol. The highest BCUT2D eigenvalue weighted by atomic mass is 16.5. The first kappa shape index (κ1) is 20.7. The van der Waals surface area contributed by atoms with E-state index in [1.54, 1.807) is 0 Å². The highest BCUT2D eigenvalue weighted by molar-refractivity contribution is 5.80. The van der Waals surface area contributed by atoms with Crippen LogP contribution >= 0.6 is 0 Å². The predicted octanol–water partition coefficient (Wildman–Crippen LogP) is 4.15. The highest BCUT2D eigenvalue weighted by Gasteiger charge is 2.23. The SMILES string of the molecule is CC(CCCN)c1cc2nc(-c3cccc(N4C[C@@H](C)O[C@@H](C)C4)n3)ccc2cn1. The molecule has 0 spiro atoms. The van der Waals surface area contributed by atoms with Crippen molar-refractivity contribution in [1.82, 2.24) is 15.0 Å². The maximum atomic E-state index is 5.86. The monoisotopic (exact) mass is 405 g/mol. The minimum atomic E-state index is 0.199. The van der Waals surface area contributed by atoms with Crippen molar-refractivity contribution in [3.05, 3.63) is 48.3 Å². The molecule has 1 aliphatic rings. The third-order valence-corrected chi connectivity index (χ3v) is 5.68. The van der Waals surface area contributed by atoms with Gasteiger partial charge in [-0.1, -0.05) is 13.0 Å². The first-order chi connectivity index (χ1) is 14.5. The molecule has 1 saturated heterocycles. The van der Waals surface area contributed by atoms with Crippen LogP contribution in [0.1, 0.15) is 45.2 Å². The van der Waals surface area contributed by atoms with Gasteiger partial charge in [-0.15, -0.1) is 0 Å². The van der Waals surface area contributed by atoms with Crippen LogP contribution in [0.2, 0.25) is 0 Å². The second kappa shape index (κ2) is 9.06. The van der Waals surface area contributed by atoms with Crippen molar-refractivity contribution in [3.8, 4) is 11.4 Å². The zero-order valence-corrected chi connectivity index (χ0v) is 18.1. The van der Waals surface area contributed by atoms with Crippen molar-refractivity contribution in [2.45, 2.75) is 51.7 Å². The largest absolute Gasteiger partial charge is 0.372 e. The number of aromatic nitrogens is 3. The van der Waals surface area contributed by atoms with Gasteiger partial charge in [-0.2, -0.15) is 0 Å². The summed E-state index contributed by atoms with van der Waals surface area (Å²) in [5.41, 5.74) is 9.45. The summed E-state index contributed by atoms with van der Waals surface area (Å²) in [6.45, 7) is 8.82. The third kappa shape index (κ3) is 4.60. The van der Waals surface area contributed by atoms with E-state index >= 15 is 0 Å². The first-order valence-electron chi connectivity index (χ1n) is 10.9. The lowest BCUT2D eigenvalue weighted by Crippen LogP contribution is -2.45. The van der Waals surface area contributed by atoms with Gasteiger partial charge in [0.05, 0.1) is 29.1 Å². The van der Waals surface area contributed by atoms with Crippen LogP contribution in [-0.4, -0.2) is 46.8 Å². The second-order valence-corrected chi connectivity index (χ2v) is 8.37. The summed E-state index contributed by atoms with van der Waals surface area (Å²) >= 11 is 0. The van der Waals surface area contributed by atoms with Crippen LogP contribution in [0.15, 0.2) is 42.6 Å². The molecule has 6 heteroatoms. The van der Waals surface area contributed by atoms with E-state index in [-0.39, 0.29) is 12.2 Å². The topological polar surface area (TPSA) is 77.2 Å². The van der Waals surface area contributed by atoms with E-state index in [2.05, 4.69) is 54.9 Å². The molecule has 1 fully saturated rings. The Morgan fingerprint density at radius 3 is 2.63 bits per heavy atom. The molecule has 3 aromatic rings. The summed E-state index contributed by atoms with van der Waals surface area (Å²) in [5, 5.41) is 1.04. The van der Waals surface area contributed by atoms with E-state index in [1.807, 2.05) is 18.3 Å². The minimum Gasteiger partial charge on any atom is -0.372 e. The third-order valence-electron chi connectivity index (χ3n) is 5.68. The summed E-state index contributed by atoms with van der Waals surface area (Å²) in [4.78, 5) is 16.8. The van der Waals surface area contributed by atoms with E-state index < -0.39 is 0 Å². The molecule has 1 unspecified atom stereocenters. The van der Waals surface area contributed by atoms with Crippen molar-refractivity contribution in [3.63, 3.8) is 0 Å². The number of nitrogens with two attached hydrogens (primary N) is 1. The van der Waals surface area contributed by atoms with Crippen LogP contribution in [0.4, 0.5) is 5.82 Å². The Kier molecular flexibility index (Phi) is 6.25. The quantitative estimate of drug-likeness (QED) is 0.664. The smallest absolute Gasteiger partial charge is 0.129 e. The maximum Gasteiger partial charge on any atom is 0.129 e. The van der Waals surface area contributed by atoms with Crippen LogP contribution in [0.5, 0.6) is 0 Å². The van der Waals surface area contributed by atoms with Crippen molar-refractivity contribution < 1.29 is 4.74 Å². The molecule has 4 heterocycles. The summed E-state index contributed by atoms with van der Waals surface area (Å²) < 4.78 is 5.86. The van der Waals surface area contributed by atoms with Gasteiger partial charge >= 0.3 is 0 Å². The number of ether oxygens (including phenoxy) is 1. The molecular formula is C24H31N5O. The molecule has 3 atom stereocenters. The van der Waals surface area contributed by atoms with E-state index in [1.165, 1.54) is 0 Å². The lowest BCUT2D eigenvalue weighted by atomic mass is 10.0. The zero-order chi connectivity index (χ0) is 21.1. The van der Waals surface area contributed by atoms with Gasteiger partial charge < -0.3 is 15.4 Å². The molecule has 3 aromatic heterocycles. The Balaban J connectivity index is 1.62. The van der Waals surface area contributed by atoms with Crippen LogP contribution in [0.3, 0.4) is 0 Å². The highest BCUT2D eigenvalue weighted by Crippen LogP contribution is 2.26. The fraction of sp³-hybridized carbons (Fsp3) is 0.458. The molecule has 158 valence electrons. The van der Waals surface area contributed by atoms with Crippen molar-refractivity contribution in [2.75, 3.05) is 24.5 Å². The molecule has 0 radical (unpaired) electrons. The zero-order valence-electron chi connectivity index (χ0n) is 18.1. The van der Waals surface area contributed by atoms with E-state index in [0.717, 1.165) is 59.7 Å². The maximum absolute atomic E-state index is 5.86. The molecule has 4 rings (SSSR count). The lowest BCUT2D eigenvalue weighted by Gasteiger charge is -2.36. The van der Waals surface area contributed by atoms with Gasteiger partial charge in [0.2, 0.25) is 0 Å². The average molecular weight is 406 g/mol. The molecule has 2 N–H and O–H groups in total. The van der Waals surface area contributed by atoms with Gasteiger partial charge in [0.25, 0.3) is 0 Å². The van der Waals surface area contributed by atoms with Gasteiger partial charge in [0.1, 0.15) is 5.82 Å². The first-order valence-corrected chi connectivity index (χ1v) is 10.9. The standard InChI is InChI=1S/C24H31N5O/c1-16(6-5-11-25)22-12-23-19(13-26-22)9-10-21(27-23)20-7-4-8-24(28-20)29-14-17(2)30-18(3)15-29/h4,7-10,12-13,16-18H,5-6,11,14-15,25H2,1-3H3/t16?,17-,18+. The summed E-state index contributed by atoms with van der Waals surface area (Å²) in [6, 6.07) is 12.4. The number of nitrogens with zero attached hydrogens (tertiary/aromatic N) is 4. The van der Waals surface area contributed by atoms with Crippen molar-refractivity contribution in [1.29, 1.82) is 0 Å². The molecule has 0 saturated carbocycles. The minimum absolute atomic E-state index is 0.199. The van der Waals surface area contributed by atoms with Crippen molar-refractivity contribution in [2.24, 2.45) is 5.73 Å². The molecule has 0 aliphatic carbocycles. The van der Waals surface area contributed by atoms with Gasteiger partial charge in [-0.05, 0) is 69.5 Å². The van der Waals surface area contributed by atoms with Gasteiger partial charge in [-0.25, -0.2) is 9.97 Å². The molecule has 0 aromatic carbocycles. The van der Waals surface area contributed by atoms with Gasteiger partial charge in [0.15, 0.2) is 0 Å². The number of hydrogen-bond acceptors (Lipinski definition) is 6. The van der Waals surface area contributed by atoms with Gasteiger partial charge in [-0.3, -0.25) is 4.98 Å². The molecule has 1 aliphatic heterocycles. The Bertz CT molecular complexity index is 998. The Morgan fingerprint density at radius 1 is 1.10 bits per heavy atom. The molecule has 6 nitrogen and oxygen atoms in total. The van der Waals surface area contributed by atoms with E-state index in [0.29, 0.717) is 12.5 Å². The number of fused-ring (bicyclic) bond motifs is 1. The summed E-state index contributed by atoms with van der Waals surface area (Å²) in [5.74, 6) is 1.34. The molecule has 0 amide bonds. The summed E-state index contributed by atoms with van der Waals surface area (Å²) in [7, 11) is 0. The number of morpholine rings is 1. The van der Waals surface area contributed by atoms with Gasteiger partial charge in [0, 0.05) is 30.4 Å². The lowest BCUT2D eigenvalue weighted by molar-refractivity contribution is -0.00545. The number of pyridine rings is 3. The molecule has 30 heavy (non-hydrogen) atoms. The van der Waals surface area contributed by atoms with Crippen molar-refractivity contribution >= 4 is 16.7 Å². The van der Waals surface area contributed by atoms with Crippen LogP contribution < -0.4 is 10.6 Å². The fourth-order valence-electron chi connectivity index (χ4n) is 4.12. The van der Waals surface area contributed by atoms with Crippen LogP contribution in [0.25, 0.3) is 22.3 Å². The van der Waals surface area contributed by atoms with E-state index in [9.17, 15) is 0 Å². The predicted molar refractivity (Wildman–Crippen MR) is 122 cm³/mol. The number of hydrogen-bond donors (Lipinski definition) is 1. The van der Waals surface area contributed by atoms with Crippen LogP contribution in [-0.2, 0) is 4.74 Å². The Hall–Kier alpha value is -2.57. The fourth-order valence-corrected chi connectivity index (χ4v) is 4.12. The molecule has 0 bridgehead atoms. The van der Waals surface area contributed by atoms with Crippen LogP contribution in [0, 0.1) is 0 Å². The Labute approximate surface area is 178 Å². The number of anilines is 1. The Morgan fingerprint density at radius 2 is 1.87 bits per heavy atom.